The first kappa shape index (κ1) is 18.6. The van der Waals surface area contributed by atoms with Gasteiger partial charge in [-0.15, -0.1) is 0 Å². The van der Waals surface area contributed by atoms with Gasteiger partial charge in [0.1, 0.15) is 17.7 Å². The number of carboxylic acids is 1. The van der Waals surface area contributed by atoms with Gasteiger partial charge in [-0.1, -0.05) is 13.8 Å². The standard InChI is InChI=1S/C20H18FN3O3/c1-13(2)20-23-18(14-7-10-22-11-8-14)19(15-3-5-16(21)6-4-15)24(20,27)12-9-17(25)26/h3-13H,1-2H3,(H,25,26)/b12-9+. The summed E-state index contributed by atoms with van der Waals surface area (Å²) in [5, 5.41) is 22.9. The molecule has 3 rings (SSSR count). The lowest BCUT2D eigenvalue weighted by atomic mass is 10.0. The Morgan fingerprint density at radius 2 is 1.78 bits per heavy atom. The molecule has 1 aliphatic heterocycles. The summed E-state index contributed by atoms with van der Waals surface area (Å²) in [6.07, 6.45) is 5.03. The molecule has 1 aliphatic rings. The van der Waals surface area contributed by atoms with Gasteiger partial charge in [0.25, 0.3) is 0 Å². The summed E-state index contributed by atoms with van der Waals surface area (Å²) in [5.41, 5.74) is 1.79. The van der Waals surface area contributed by atoms with E-state index >= 15 is 0 Å². The van der Waals surface area contributed by atoms with E-state index < -0.39 is 16.4 Å². The van der Waals surface area contributed by atoms with E-state index in [0.29, 0.717) is 16.8 Å². The van der Waals surface area contributed by atoms with E-state index in [4.69, 9.17) is 5.11 Å². The highest BCUT2D eigenvalue weighted by molar-refractivity contribution is 6.02. The maximum Gasteiger partial charge on any atom is 0.333 e. The zero-order valence-corrected chi connectivity index (χ0v) is 14.8. The fraction of sp³-hybridized carbons (Fsp3) is 0.150. The number of benzene rings is 1. The molecule has 0 aliphatic carbocycles. The van der Waals surface area contributed by atoms with Crippen molar-refractivity contribution in [3.63, 3.8) is 0 Å². The Morgan fingerprint density at radius 1 is 1.15 bits per heavy atom. The fourth-order valence-electron chi connectivity index (χ4n) is 2.99. The van der Waals surface area contributed by atoms with Crippen LogP contribution in [0.4, 0.5) is 4.39 Å². The highest BCUT2D eigenvalue weighted by Gasteiger charge is 2.40. The van der Waals surface area contributed by atoms with E-state index in [1.807, 2.05) is 13.8 Å². The molecule has 27 heavy (non-hydrogen) atoms. The van der Waals surface area contributed by atoms with Crippen LogP contribution < -0.4 is 0 Å². The molecule has 1 N–H and O–H groups in total. The number of aliphatic carboxylic acids is 1. The molecule has 2 heterocycles. The summed E-state index contributed by atoms with van der Waals surface area (Å²) in [6, 6.07) is 8.93. The third-order valence-corrected chi connectivity index (χ3v) is 4.14. The van der Waals surface area contributed by atoms with Crippen LogP contribution in [0.2, 0.25) is 0 Å². The molecule has 0 amide bonds. The molecule has 7 heteroatoms. The monoisotopic (exact) mass is 367 g/mol. The number of hydrogen-bond donors (Lipinski definition) is 1. The van der Waals surface area contributed by atoms with Crippen molar-refractivity contribution >= 4 is 23.2 Å². The molecule has 0 spiro atoms. The SMILES string of the molecule is CC(C)C1=NC(c2ccncc2)=C(c2ccc(F)cc2)[N+]1([O-])/C=C/C(=O)O. The molecule has 2 aromatic rings. The molecule has 1 aromatic heterocycles. The summed E-state index contributed by atoms with van der Waals surface area (Å²) in [6.45, 7) is 3.63. The van der Waals surface area contributed by atoms with Gasteiger partial charge in [0.15, 0.2) is 5.70 Å². The minimum atomic E-state index is -1.23. The Labute approximate surface area is 155 Å². The first-order valence-electron chi connectivity index (χ1n) is 8.35. The lowest BCUT2D eigenvalue weighted by Gasteiger charge is -2.38. The van der Waals surface area contributed by atoms with Gasteiger partial charge in [0.2, 0.25) is 5.84 Å². The summed E-state index contributed by atoms with van der Waals surface area (Å²) in [7, 11) is 0. The number of aromatic nitrogens is 1. The predicted molar refractivity (Wildman–Crippen MR) is 100 cm³/mol. The van der Waals surface area contributed by atoms with E-state index in [9.17, 15) is 14.4 Å². The summed E-state index contributed by atoms with van der Waals surface area (Å²) in [4.78, 5) is 19.6. The van der Waals surface area contributed by atoms with Crippen molar-refractivity contribution in [2.75, 3.05) is 0 Å². The van der Waals surface area contributed by atoms with Crippen molar-refractivity contribution in [3.8, 4) is 0 Å². The van der Waals surface area contributed by atoms with Gasteiger partial charge < -0.3 is 10.3 Å². The fourth-order valence-corrected chi connectivity index (χ4v) is 2.99. The Bertz CT molecular complexity index is 950. The molecule has 0 fully saturated rings. The smallest absolute Gasteiger partial charge is 0.333 e. The minimum absolute atomic E-state index is 0.238. The number of carboxylic acid groups (broad SMARTS) is 1. The van der Waals surface area contributed by atoms with Crippen LogP contribution in [0.25, 0.3) is 11.4 Å². The van der Waals surface area contributed by atoms with Gasteiger partial charge in [-0.05, 0) is 36.4 Å². The number of hydrogen-bond acceptors (Lipinski definition) is 4. The number of hydroxylamine groups is 3. The normalized spacial score (nSPS) is 19.8. The van der Waals surface area contributed by atoms with Gasteiger partial charge >= 0.3 is 5.97 Å². The molecular formula is C20H18FN3O3. The van der Waals surface area contributed by atoms with Crippen LogP contribution in [0.5, 0.6) is 0 Å². The van der Waals surface area contributed by atoms with Crippen LogP contribution >= 0.6 is 0 Å². The predicted octanol–water partition coefficient (Wildman–Crippen LogP) is 4.03. The van der Waals surface area contributed by atoms with Crippen molar-refractivity contribution in [2.24, 2.45) is 10.9 Å². The second kappa shape index (κ2) is 7.22. The largest absolute Gasteiger partial charge is 0.616 e. The number of rotatable bonds is 5. The first-order chi connectivity index (χ1) is 12.8. The maximum atomic E-state index is 13.9. The van der Waals surface area contributed by atoms with Gasteiger partial charge in [-0.2, -0.15) is 4.99 Å². The summed E-state index contributed by atoms with van der Waals surface area (Å²) in [5.74, 6) is -1.66. The lowest BCUT2D eigenvalue weighted by Crippen LogP contribution is -2.41. The van der Waals surface area contributed by atoms with Crippen LogP contribution in [0.15, 0.2) is 66.1 Å². The van der Waals surface area contributed by atoms with Crippen LogP contribution in [0, 0.1) is 16.9 Å². The minimum Gasteiger partial charge on any atom is -0.616 e. The molecule has 6 nitrogen and oxygen atoms in total. The van der Waals surface area contributed by atoms with Gasteiger partial charge in [-0.25, -0.2) is 9.18 Å². The number of halogens is 1. The number of amidine groups is 1. The number of carbonyl (C=O) groups is 1. The van der Waals surface area contributed by atoms with E-state index in [1.165, 1.54) is 24.3 Å². The van der Waals surface area contributed by atoms with E-state index in [1.54, 1.807) is 24.5 Å². The molecule has 1 aromatic carbocycles. The zero-order chi connectivity index (χ0) is 19.6. The Kier molecular flexibility index (Phi) is 4.98. The van der Waals surface area contributed by atoms with Gasteiger partial charge in [-0.3, -0.25) is 9.63 Å². The third-order valence-electron chi connectivity index (χ3n) is 4.14. The van der Waals surface area contributed by atoms with E-state index in [-0.39, 0.29) is 17.5 Å². The third kappa shape index (κ3) is 3.55. The van der Waals surface area contributed by atoms with Crippen molar-refractivity contribution in [3.05, 3.63) is 83.2 Å². The van der Waals surface area contributed by atoms with Crippen LogP contribution in [0.3, 0.4) is 0 Å². The Morgan fingerprint density at radius 3 is 2.33 bits per heavy atom. The molecule has 138 valence electrons. The number of nitrogens with zero attached hydrogens (tertiary/aromatic N) is 3. The number of aliphatic imine (C=N–C) groups is 1. The average Bonchev–Trinajstić information content (AvgIpc) is 2.95. The average molecular weight is 367 g/mol. The second-order valence-corrected chi connectivity index (χ2v) is 6.38. The van der Waals surface area contributed by atoms with E-state index in [0.717, 1.165) is 12.3 Å². The molecule has 0 saturated carbocycles. The van der Waals surface area contributed by atoms with Gasteiger partial charge in [0.05, 0.1) is 6.08 Å². The summed E-state index contributed by atoms with van der Waals surface area (Å²) >= 11 is 0. The second-order valence-electron chi connectivity index (χ2n) is 6.38. The Balaban J connectivity index is 2.30. The summed E-state index contributed by atoms with van der Waals surface area (Å²) < 4.78 is 12.3. The van der Waals surface area contributed by atoms with Crippen LogP contribution in [-0.2, 0) is 4.79 Å². The highest BCUT2D eigenvalue weighted by Crippen LogP contribution is 2.43. The van der Waals surface area contributed by atoms with Crippen LogP contribution in [0.1, 0.15) is 25.0 Å². The van der Waals surface area contributed by atoms with Crippen LogP contribution in [-0.4, -0.2) is 26.5 Å². The van der Waals surface area contributed by atoms with Crippen molar-refractivity contribution < 1.29 is 18.9 Å². The molecule has 1 unspecified atom stereocenters. The topological polar surface area (TPSA) is 85.6 Å². The number of quaternary nitrogens is 1. The highest BCUT2D eigenvalue weighted by atomic mass is 19.1. The quantitative estimate of drug-likeness (QED) is 0.491. The molecular weight excluding hydrogens is 349 g/mol. The lowest BCUT2D eigenvalue weighted by molar-refractivity contribution is -0.648. The van der Waals surface area contributed by atoms with Crippen molar-refractivity contribution in [1.29, 1.82) is 0 Å². The molecule has 1 atom stereocenters. The molecule has 0 saturated heterocycles. The Hall–Kier alpha value is -3.16. The number of pyridine rings is 1. The zero-order valence-electron chi connectivity index (χ0n) is 14.8. The maximum absolute atomic E-state index is 13.9. The van der Waals surface area contributed by atoms with E-state index in [2.05, 4.69) is 9.98 Å². The molecule has 0 radical (unpaired) electrons. The van der Waals surface area contributed by atoms with Crippen molar-refractivity contribution in [1.82, 2.24) is 4.98 Å². The van der Waals surface area contributed by atoms with Crippen molar-refractivity contribution in [2.45, 2.75) is 13.8 Å². The first-order valence-corrected chi connectivity index (χ1v) is 8.35. The van der Waals surface area contributed by atoms with Gasteiger partial charge in [0, 0.05) is 29.4 Å². The molecule has 0 bridgehead atoms.